The summed E-state index contributed by atoms with van der Waals surface area (Å²) in [6, 6.07) is 21.6. The lowest BCUT2D eigenvalue weighted by molar-refractivity contribution is -0.133. The SMILES string of the molecule is CC(=N)NC(=O)[C@@H](Cc1ccccc1)NC(=O)C(Cc1ccc2ccccc2c1)NC(=O)C1CCNCC1. The monoisotopic (exact) mass is 513 g/mol. The molecule has 1 aliphatic rings. The fourth-order valence-corrected chi connectivity index (χ4v) is 4.79. The van der Waals surface area contributed by atoms with Gasteiger partial charge in [-0.2, -0.15) is 0 Å². The van der Waals surface area contributed by atoms with E-state index in [1.54, 1.807) is 0 Å². The van der Waals surface area contributed by atoms with Crippen LogP contribution in [0.4, 0.5) is 0 Å². The van der Waals surface area contributed by atoms with Crippen molar-refractivity contribution in [2.24, 2.45) is 5.92 Å². The Hall–Kier alpha value is -4.04. The minimum atomic E-state index is -0.903. The third-order valence-corrected chi connectivity index (χ3v) is 6.82. The summed E-state index contributed by atoms with van der Waals surface area (Å²) in [6.07, 6.45) is 1.98. The van der Waals surface area contributed by atoms with E-state index in [0.717, 1.165) is 35.0 Å². The molecule has 8 nitrogen and oxygen atoms in total. The highest BCUT2D eigenvalue weighted by molar-refractivity contribution is 6.00. The third-order valence-electron chi connectivity index (χ3n) is 6.82. The van der Waals surface area contributed by atoms with E-state index in [2.05, 4.69) is 21.3 Å². The summed E-state index contributed by atoms with van der Waals surface area (Å²) in [6.45, 7) is 3.00. The second-order valence-corrected chi connectivity index (χ2v) is 9.84. The molecule has 5 N–H and O–H groups in total. The maximum atomic E-state index is 13.6. The topological polar surface area (TPSA) is 123 Å². The van der Waals surface area contributed by atoms with Crippen molar-refractivity contribution in [2.45, 2.75) is 44.7 Å². The van der Waals surface area contributed by atoms with Crippen LogP contribution in [0.5, 0.6) is 0 Å². The largest absolute Gasteiger partial charge is 0.344 e. The van der Waals surface area contributed by atoms with Crippen LogP contribution in [0.3, 0.4) is 0 Å². The lowest BCUT2D eigenvalue weighted by atomic mass is 9.95. The molecule has 0 aromatic heterocycles. The van der Waals surface area contributed by atoms with E-state index in [-0.39, 0.29) is 30.5 Å². The Labute approximate surface area is 223 Å². The molecular weight excluding hydrogens is 478 g/mol. The predicted molar refractivity (Wildman–Crippen MR) is 149 cm³/mol. The number of amidine groups is 1. The number of carbonyl (C=O) groups excluding carboxylic acids is 3. The third kappa shape index (κ3) is 7.49. The van der Waals surface area contributed by atoms with Gasteiger partial charge in [0.05, 0.1) is 5.84 Å². The first-order chi connectivity index (χ1) is 18.4. The first-order valence-electron chi connectivity index (χ1n) is 13.1. The van der Waals surface area contributed by atoms with Gasteiger partial charge in [0.15, 0.2) is 0 Å². The molecule has 1 heterocycles. The van der Waals surface area contributed by atoms with Crippen molar-refractivity contribution in [3.8, 4) is 0 Å². The zero-order chi connectivity index (χ0) is 26.9. The molecule has 0 saturated carbocycles. The van der Waals surface area contributed by atoms with Gasteiger partial charge in [-0.3, -0.25) is 19.8 Å². The molecule has 4 rings (SSSR count). The Morgan fingerprint density at radius 2 is 1.45 bits per heavy atom. The Morgan fingerprint density at radius 1 is 0.816 bits per heavy atom. The fraction of sp³-hybridized carbons (Fsp3) is 0.333. The highest BCUT2D eigenvalue weighted by Crippen LogP contribution is 2.18. The van der Waals surface area contributed by atoms with Crippen molar-refractivity contribution in [1.29, 1.82) is 5.41 Å². The lowest BCUT2D eigenvalue weighted by Crippen LogP contribution is -2.56. The first-order valence-corrected chi connectivity index (χ1v) is 13.1. The number of fused-ring (bicyclic) bond motifs is 1. The molecule has 0 aliphatic carbocycles. The number of piperidine rings is 1. The van der Waals surface area contributed by atoms with Crippen LogP contribution in [0.2, 0.25) is 0 Å². The van der Waals surface area contributed by atoms with Crippen molar-refractivity contribution in [2.75, 3.05) is 13.1 Å². The van der Waals surface area contributed by atoms with Gasteiger partial charge in [0.1, 0.15) is 12.1 Å². The van der Waals surface area contributed by atoms with Crippen LogP contribution in [-0.2, 0) is 27.2 Å². The van der Waals surface area contributed by atoms with Gasteiger partial charge < -0.3 is 21.3 Å². The molecule has 1 fully saturated rings. The summed E-state index contributed by atoms with van der Waals surface area (Å²) in [5.41, 5.74) is 1.79. The zero-order valence-corrected chi connectivity index (χ0v) is 21.6. The zero-order valence-electron chi connectivity index (χ0n) is 21.6. The van der Waals surface area contributed by atoms with Gasteiger partial charge in [0, 0.05) is 18.8 Å². The van der Waals surface area contributed by atoms with Crippen LogP contribution >= 0.6 is 0 Å². The minimum absolute atomic E-state index is 0.00534. The van der Waals surface area contributed by atoms with Crippen LogP contribution in [0.1, 0.15) is 30.9 Å². The molecule has 1 saturated heterocycles. The maximum absolute atomic E-state index is 13.6. The number of rotatable bonds is 9. The Balaban J connectivity index is 1.56. The lowest BCUT2D eigenvalue weighted by Gasteiger charge is -2.27. The van der Waals surface area contributed by atoms with Gasteiger partial charge in [-0.05, 0) is 54.8 Å². The Morgan fingerprint density at radius 3 is 2.16 bits per heavy atom. The van der Waals surface area contributed by atoms with Gasteiger partial charge in [0.25, 0.3) is 0 Å². The van der Waals surface area contributed by atoms with Crippen LogP contribution in [0.25, 0.3) is 10.8 Å². The van der Waals surface area contributed by atoms with Crippen molar-refractivity contribution in [3.05, 3.63) is 83.9 Å². The molecule has 2 atom stereocenters. The van der Waals surface area contributed by atoms with E-state index < -0.39 is 23.9 Å². The molecule has 3 aromatic rings. The molecule has 1 aliphatic heterocycles. The highest BCUT2D eigenvalue weighted by atomic mass is 16.2. The number of carbonyl (C=O) groups is 3. The normalized spacial score (nSPS) is 15.3. The van der Waals surface area contributed by atoms with E-state index in [0.29, 0.717) is 12.8 Å². The van der Waals surface area contributed by atoms with Crippen LogP contribution in [-0.4, -0.2) is 48.7 Å². The fourth-order valence-electron chi connectivity index (χ4n) is 4.79. The quantitative estimate of drug-likeness (QED) is 0.223. The second kappa shape index (κ2) is 13.0. The molecule has 8 heteroatoms. The first kappa shape index (κ1) is 27.0. The number of nitrogens with one attached hydrogen (secondary N) is 5. The van der Waals surface area contributed by atoms with Crippen molar-refractivity contribution in [3.63, 3.8) is 0 Å². The summed E-state index contributed by atoms with van der Waals surface area (Å²) >= 11 is 0. The van der Waals surface area contributed by atoms with Gasteiger partial charge in [-0.1, -0.05) is 72.8 Å². The predicted octanol–water partition coefficient (Wildman–Crippen LogP) is 2.71. The number of benzene rings is 3. The van der Waals surface area contributed by atoms with Gasteiger partial charge in [-0.15, -0.1) is 0 Å². The van der Waals surface area contributed by atoms with E-state index in [9.17, 15) is 14.4 Å². The molecule has 0 spiro atoms. The summed E-state index contributed by atoms with van der Waals surface area (Å²) < 4.78 is 0. The van der Waals surface area contributed by atoms with Gasteiger partial charge in [-0.25, -0.2) is 0 Å². The summed E-state index contributed by atoms with van der Waals surface area (Å²) in [7, 11) is 0. The average Bonchev–Trinajstić information content (AvgIpc) is 2.93. The molecule has 0 radical (unpaired) electrons. The molecule has 198 valence electrons. The maximum Gasteiger partial charge on any atom is 0.248 e. The summed E-state index contributed by atoms with van der Waals surface area (Å²) in [5.74, 6) is -1.21. The molecular formula is C30H35N5O3. The molecule has 3 aromatic carbocycles. The summed E-state index contributed by atoms with van der Waals surface area (Å²) in [5, 5.41) is 21.4. The van der Waals surface area contributed by atoms with Crippen molar-refractivity contribution in [1.82, 2.24) is 21.3 Å². The van der Waals surface area contributed by atoms with E-state index >= 15 is 0 Å². The number of hydrogen-bond donors (Lipinski definition) is 5. The van der Waals surface area contributed by atoms with E-state index in [4.69, 9.17) is 5.41 Å². The average molecular weight is 514 g/mol. The van der Waals surface area contributed by atoms with Gasteiger partial charge >= 0.3 is 0 Å². The molecule has 3 amide bonds. The minimum Gasteiger partial charge on any atom is -0.344 e. The number of amides is 3. The molecule has 1 unspecified atom stereocenters. The van der Waals surface area contributed by atoms with Crippen LogP contribution < -0.4 is 21.3 Å². The Bertz CT molecular complexity index is 1290. The van der Waals surface area contributed by atoms with Crippen molar-refractivity contribution >= 4 is 34.3 Å². The van der Waals surface area contributed by atoms with Crippen molar-refractivity contribution < 1.29 is 14.4 Å². The van der Waals surface area contributed by atoms with Crippen LogP contribution in [0.15, 0.2) is 72.8 Å². The summed E-state index contributed by atoms with van der Waals surface area (Å²) in [4.78, 5) is 39.7. The van der Waals surface area contributed by atoms with E-state index in [1.165, 1.54) is 6.92 Å². The number of hydrogen-bond acceptors (Lipinski definition) is 5. The van der Waals surface area contributed by atoms with E-state index in [1.807, 2.05) is 72.8 Å². The van der Waals surface area contributed by atoms with Gasteiger partial charge in [0.2, 0.25) is 17.7 Å². The molecule has 0 bridgehead atoms. The smallest absolute Gasteiger partial charge is 0.248 e. The standard InChI is InChI=1S/C30H35N5O3/c1-20(31)33-29(37)26(18-21-7-3-2-4-8-21)35-30(38)27(34-28(36)24-13-15-32-16-14-24)19-22-11-12-23-9-5-6-10-25(23)17-22/h2-12,17,24,26-27,32H,13-16,18-19H2,1H3,(H,34,36)(H,35,38)(H2,31,33,37)/t26-,27?/m1/s1. The Kier molecular flexibility index (Phi) is 9.21. The highest BCUT2D eigenvalue weighted by Gasteiger charge is 2.30. The molecule has 38 heavy (non-hydrogen) atoms. The second-order valence-electron chi connectivity index (χ2n) is 9.84. The van der Waals surface area contributed by atoms with Crippen LogP contribution in [0, 0.1) is 11.3 Å².